The molecule has 0 saturated carbocycles. The second kappa shape index (κ2) is 7.14. The first kappa shape index (κ1) is 15.3. The molecule has 3 nitrogen and oxygen atoms in total. The van der Waals surface area contributed by atoms with Crippen molar-refractivity contribution in [2.75, 3.05) is 31.2 Å². The largest absolute Gasteiger partial charge is 0.378 e. The highest BCUT2D eigenvalue weighted by molar-refractivity contribution is 6.35. The van der Waals surface area contributed by atoms with E-state index in [-0.39, 0.29) is 0 Å². The van der Waals surface area contributed by atoms with Crippen molar-refractivity contribution < 1.29 is 4.74 Å². The summed E-state index contributed by atoms with van der Waals surface area (Å²) in [6.45, 7) is 3.45. The van der Waals surface area contributed by atoms with E-state index in [1.807, 2.05) is 12.1 Å². The molecule has 0 amide bonds. The van der Waals surface area contributed by atoms with Crippen LogP contribution < -0.4 is 4.90 Å². The van der Waals surface area contributed by atoms with Gasteiger partial charge in [-0.1, -0.05) is 35.3 Å². The van der Waals surface area contributed by atoms with Gasteiger partial charge in [0.25, 0.3) is 0 Å². The van der Waals surface area contributed by atoms with Crippen LogP contribution in [0.25, 0.3) is 0 Å². The van der Waals surface area contributed by atoms with Crippen LogP contribution in [0.3, 0.4) is 0 Å². The lowest BCUT2D eigenvalue weighted by molar-refractivity contribution is 0.122. The Morgan fingerprint density at radius 1 is 1.00 bits per heavy atom. The van der Waals surface area contributed by atoms with Crippen molar-refractivity contribution >= 4 is 40.8 Å². The monoisotopic (exact) mass is 334 g/mol. The first-order valence-corrected chi connectivity index (χ1v) is 7.90. The minimum atomic E-state index is 0.589. The van der Waals surface area contributed by atoms with Crippen LogP contribution in [-0.2, 0) is 4.74 Å². The lowest BCUT2D eigenvalue weighted by Crippen LogP contribution is -2.36. The lowest BCUT2D eigenvalue weighted by atomic mass is 10.2. The van der Waals surface area contributed by atoms with Gasteiger partial charge in [0.2, 0.25) is 0 Å². The van der Waals surface area contributed by atoms with Crippen LogP contribution in [-0.4, -0.2) is 32.5 Å². The maximum absolute atomic E-state index is 6.10. The van der Waals surface area contributed by atoms with Crippen molar-refractivity contribution in [3.63, 3.8) is 0 Å². The maximum Gasteiger partial charge on any atom is 0.0830 e. The smallest absolute Gasteiger partial charge is 0.0830 e. The minimum absolute atomic E-state index is 0.589. The average Bonchev–Trinajstić information content (AvgIpc) is 2.57. The number of aliphatic imine (C=N–C) groups is 1. The molecule has 0 spiro atoms. The summed E-state index contributed by atoms with van der Waals surface area (Å²) < 4.78 is 5.37. The summed E-state index contributed by atoms with van der Waals surface area (Å²) in [5.41, 5.74) is 2.90. The third-order valence-corrected chi connectivity index (χ3v) is 4.08. The average molecular weight is 335 g/mol. The molecule has 0 radical (unpaired) electrons. The molecule has 3 rings (SSSR count). The standard InChI is InChI=1S/C17H16Cl2N2O/c18-14-3-6-16(19)17(11-14)20-12-13-1-4-15(5-2-13)21-7-9-22-10-8-21/h1-6,11-12H,7-10H2. The molecule has 0 atom stereocenters. The predicted molar refractivity (Wildman–Crippen MR) is 93.2 cm³/mol. The molecule has 114 valence electrons. The van der Waals surface area contributed by atoms with E-state index in [9.17, 15) is 0 Å². The van der Waals surface area contributed by atoms with Gasteiger partial charge in [0, 0.05) is 30.0 Å². The Labute approximate surface area is 140 Å². The van der Waals surface area contributed by atoms with E-state index in [0.717, 1.165) is 31.9 Å². The normalized spacial score (nSPS) is 15.5. The quantitative estimate of drug-likeness (QED) is 0.767. The summed E-state index contributed by atoms with van der Waals surface area (Å²) in [7, 11) is 0. The van der Waals surface area contributed by atoms with E-state index >= 15 is 0 Å². The van der Waals surface area contributed by atoms with Crippen molar-refractivity contribution in [3.05, 3.63) is 58.1 Å². The van der Waals surface area contributed by atoms with Gasteiger partial charge in [-0.25, -0.2) is 0 Å². The van der Waals surface area contributed by atoms with Crippen LogP contribution in [0.15, 0.2) is 47.5 Å². The molecule has 0 unspecified atom stereocenters. The van der Waals surface area contributed by atoms with Gasteiger partial charge in [0.1, 0.15) is 0 Å². The van der Waals surface area contributed by atoms with Crippen molar-refractivity contribution in [3.8, 4) is 0 Å². The second-order valence-corrected chi connectivity index (χ2v) is 5.89. The van der Waals surface area contributed by atoms with E-state index in [2.05, 4.69) is 22.0 Å². The Hall–Kier alpha value is -1.55. The fourth-order valence-corrected chi connectivity index (χ4v) is 2.65. The number of ether oxygens (including phenoxy) is 1. The molecular weight excluding hydrogens is 319 g/mol. The highest BCUT2D eigenvalue weighted by atomic mass is 35.5. The van der Waals surface area contributed by atoms with Gasteiger partial charge in [0.05, 0.1) is 23.9 Å². The van der Waals surface area contributed by atoms with E-state index in [4.69, 9.17) is 27.9 Å². The molecule has 0 aromatic heterocycles. The van der Waals surface area contributed by atoms with Crippen LogP contribution in [0.1, 0.15) is 5.56 Å². The Kier molecular flexibility index (Phi) is 4.98. The van der Waals surface area contributed by atoms with Crippen LogP contribution in [0, 0.1) is 0 Å². The van der Waals surface area contributed by atoms with E-state index in [1.165, 1.54) is 5.69 Å². The zero-order valence-corrected chi connectivity index (χ0v) is 13.5. The molecule has 0 aliphatic carbocycles. The molecule has 1 aliphatic rings. The Morgan fingerprint density at radius 3 is 2.45 bits per heavy atom. The van der Waals surface area contributed by atoms with Crippen LogP contribution in [0.5, 0.6) is 0 Å². The Balaban J connectivity index is 1.72. The molecular formula is C17H16Cl2N2O. The van der Waals surface area contributed by atoms with E-state index < -0.39 is 0 Å². The topological polar surface area (TPSA) is 24.8 Å². The summed E-state index contributed by atoms with van der Waals surface area (Å²) >= 11 is 12.1. The van der Waals surface area contributed by atoms with E-state index in [1.54, 1.807) is 24.4 Å². The molecule has 1 fully saturated rings. The third kappa shape index (κ3) is 3.80. The molecule has 2 aromatic rings. The number of morpholine rings is 1. The van der Waals surface area contributed by atoms with Crippen molar-refractivity contribution in [1.82, 2.24) is 0 Å². The number of benzene rings is 2. The zero-order valence-electron chi connectivity index (χ0n) is 12.0. The second-order valence-electron chi connectivity index (χ2n) is 5.04. The van der Waals surface area contributed by atoms with Crippen molar-refractivity contribution in [2.24, 2.45) is 4.99 Å². The summed E-state index contributed by atoms with van der Waals surface area (Å²) in [4.78, 5) is 6.72. The predicted octanol–water partition coefficient (Wildman–Crippen LogP) is 4.58. The molecule has 1 heterocycles. The van der Waals surface area contributed by atoms with Crippen molar-refractivity contribution in [1.29, 1.82) is 0 Å². The number of hydrogen-bond acceptors (Lipinski definition) is 3. The van der Waals surface area contributed by atoms with Gasteiger partial charge in [-0.2, -0.15) is 0 Å². The first-order chi connectivity index (χ1) is 10.7. The Bertz CT molecular complexity index is 665. The van der Waals surface area contributed by atoms with Gasteiger partial charge in [-0.3, -0.25) is 4.99 Å². The zero-order chi connectivity index (χ0) is 15.4. The highest BCUT2D eigenvalue weighted by Gasteiger charge is 2.10. The van der Waals surface area contributed by atoms with Crippen LogP contribution in [0.4, 0.5) is 11.4 Å². The SMILES string of the molecule is Clc1ccc(Cl)c(N=Cc2ccc(N3CCOCC3)cc2)c1. The van der Waals surface area contributed by atoms with E-state index in [0.29, 0.717) is 15.7 Å². The number of rotatable bonds is 3. The number of nitrogens with zero attached hydrogens (tertiary/aromatic N) is 2. The van der Waals surface area contributed by atoms with Crippen LogP contribution >= 0.6 is 23.2 Å². The third-order valence-electron chi connectivity index (χ3n) is 3.53. The fourth-order valence-electron chi connectivity index (χ4n) is 2.32. The maximum atomic E-state index is 6.10. The van der Waals surface area contributed by atoms with Crippen LogP contribution in [0.2, 0.25) is 10.0 Å². The minimum Gasteiger partial charge on any atom is -0.378 e. The summed E-state index contributed by atoms with van der Waals surface area (Å²) in [6, 6.07) is 13.6. The summed E-state index contributed by atoms with van der Waals surface area (Å²) in [6.07, 6.45) is 1.79. The molecule has 5 heteroatoms. The molecule has 1 saturated heterocycles. The number of hydrogen-bond donors (Lipinski definition) is 0. The summed E-state index contributed by atoms with van der Waals surface area (Å²) in [5, 5.41) is 1.21. The van der Waals surface area contributed by atoms with Gasteiger partial charge >= 0.3 is 0 Å². The van der Waals surface area contributed by atoms with Gasteiger partial charge in [-0.05, 0) is 35.9 Å². The van der Waals surface area contributed by atoms with Gasteiger partial charge < -0.3 is 9.64 Å². The summed E-state index contributed by atoms with van der Waals surface area (Å²) in [5.74, 6) is 0. The highest BCUT2D eigenvalue weighted by Crippen LogP contribution is 2.28. The number of anilines is 1. The fraction of sp³-hybridized carbons (Fsp3) is 0.235. The molecule has 2 aromatic carbocycles. The lowest BCUT2D eigenvalue weighted by Gasteiger charge is -2.28. The van der Waals surface area contributed by atoms with Gasteiger partial charge in [0.15, 0.2) is 0 Å². The molecule has 1 aliphatic heterocycles. The molecule has 0 N–H and O–H groups in total. The number of halogens is 2. The molecule has 22 heavy (non-hydrogen) atoms. The van der Waals surface area contributed by atoms with Gasteiger partial charge in [-0.15, -0.1) is 0 Å². The Morgan fingerprint density at radius 2 is 1.73 bits per heavy atom. The van der Waals surface area contributed by atoms with Crippen molar-refractivity contribution in [2.45, 2.75) is 0 Å². The first-order valence-electron chi connectivity index (χ1n) is 7.14. The molecule has 0 bridgehead atoms.